The molecule has 5 rings (SSSR count). The molecule has 0 spiro atoms. The van der Waals surface area contributed by atoms with Gasteiger partial charge in [0.1, 0.15) is 5.75 Å². The van der Waals surface area contributed by atoms with E-state index in [1.165, 1.54) is 54.7 Å². The number of fused-ring (bicyclic) bond motifs is 1. The van der Waals surface area contributed by atoms with Gasteiger partial charge in [-0.15, -0.1) is 11.3 Å². The summed E-state index contributed by atoms with van der Waals surface area (Å²) in [6.45, 7) is 7.01. The number of likely N-dealkylation sites (tertiary alicyclic amines) is 1. The van der Waals surface area contributed by atoms with Crippen LogP contribution in [0.3, 0.4) is 0 Å². The second kappa shape index (κ2) is 5.84. The molecule has 2 aliphatic carbocycles. The van der Waals surface area contributed by atoms with Crippen LogP contribution in [0.2, 0.25) is 0 Å². The number of hydrogen-bond donors (Lipinski definition) is 1. The van der Waals surface area contributed by atoms with Crippen molar-refractivity contribution in [1.82, 2.24) is 4.90 Å². The second-order valence-corrected chi connectivity index (χ2v) is 9.92. The normalized spacial score (nSPS) is 33.5. The van der Waals surface area contributed by atoms with E-state index in [-0.39, 0.29) is 0 Å². The van der Waals surface area contributed by atoms with Gasteiger partial charge in [-0.3, -0.25) is 4.90 Å². The molecule has 1 N–H and O–H groups in total. The Bertz CT molecular complexity index is 842. The third kappa shape index (κ3) is 2.20. The van der Waals surface area contributed by atoms with Crippen LogP contribution in [0, 0.1) is 12.3 Å². The Labute approximate surface area is 160 Å². The van der Waals surface area contributed by atoms with Gasteiger partial charge in [-0.05, 0) is 98.2 Å². The minimum atomic E-state index is 0.343. The number of aromatic hydroxyl groups is 1. The number of rotatable bonds is 2. The summed E-state index contributed by atoms with van der Waals surface area (Å²) in [5.41, 5.74) is 5.14. The Morgan fingerprint density at radius 2 is 2.08 bits per heavy atom. The van der Waals surface area contributed by atoms with Crippen molar-refractivity contribution in [2.75, 3.05) is 6.54 Å². The van der Waals surface area contributed by atoms with E-state index in [1.807, 2.05) is 23.5 Å². The Morgan fingerprint density at radius 3 is 2.88 bits per heavy atom. The molecule has 0 amide bonds. The number of aryl methyl sites for hydroxylation is 2. The monoisotopic (exact) mass is 367 g/mol. The quantitative estimate of drug-likeness (QED) is 0.767. The van der Waals surface area contributed by atoms with E-state index in [9.17, 15) is 5.11 Å². The fraction of sp³-hybridized carbons (Fsp3) is 0.565. The average molecular weight is 368 g/mol. The Morgan fingerprint density at radius 1 is 1.19 bits per heavy atom. The van der Waals surface area contributed by atoms with Gasteiger partial charge in [-0.2, -0.15) is 0 Å². The van der Waals surface area contributed by atoms with Crippen LogP contribution in [-0.2, 0) is 18.4 Å². The maximum atomic E-state index is 9.97. The fourth-order valence-electron chi connectivity index (χ4n) is 6.77. The van der Waals surface area contributed by atoms with Crippen molar-refractivity contribution < 1.29 is 5.11 Å². The average Bonchev–Trinajstić information content (AvgIpc) is 3.22. The molecule has 3 atom stereocenters. The smallest absolute Gasteiger partial charge is 0.115 e. The van der Waals surface area contributed by atoms with Crippen LogP contribution in [0.4, 0.5) is 0 Å². The summed E-state index contributed by atoms with van der Waals surface area (Å²) >= 11 is 1.92. The summed E-state index contributed by atoms with van der Waals surface area (Å²) in [4.78, 5) is 4.28. The molecule has 0 bridgehead atoms. The molecule has 3 unspecified atom stereocenters. The van der Waals surface area contributed by atoms with E-state index in [1.54, 1.807) is 5.56 Å². The van der Waals surface area contributed by atoms with Crippen molar-refractivity contribution in [2.24, 2.45) is 5.41 Å². The highest BCUT2D eigenvalue weighted by molar-refractivity contribution is 7.10. The number of phenolic OH excluding ortho intramolecular Hbond substituents is 1. The largest absolute Gasteiger partial charge is 0.508 e. The summed E-state index contributed by atoms with van der Waals surface area (Å²) < 4.78 is 0. The number of nitrogens with zero attached hydrogens (tertiary/aromatic N) is 1. The van der Waals surface area contributed by atoms with Crippen LogP contribution < -0.4 is 0 Å². The number of piperidine rings is 1. The lowest BCUT2D eigenvalue weighted by atomic mass is 9.50. The van der Waals surface area contributed by atoms with Gasteiger partial charge in [0.15, 0.2) is 0 Å². The highest BCUT2D eigenvalue weighted by atomic mass is 32.1. The highest BCUT2D eigenvalue weighted by Gasteiger charge is 2.62. The van der Waals surface area contributed by atoms with E-state index in [0.717, 1.165) is 13.0 Å². The van der Waals surface area contributed by atoms with Crippen molar-refractivity contribution in [2.45, 2.75) is 70.4 Å². The molecule has 138 valence electrons. The van der Waals surface area contributed by atoms with Crippen molar-refractivity contribution in [3.63, 3.8) is 0 Å². The van der Waals surface area contributed by atoms with Crippen LogP contribution in [0.15, 0.2) is 29.6 Å². The first kappa shape index (κ1) is 16.8. The molecular weight excluding hydrogens is 338 g/mol. The number of thiophene rings is 1. The first-order valence-electron chi connectivity index (χ1n) is 10.1. The molecule has 2 aromatic rings. The van der Waals surface area contributed by atoms with E-state index in [0.29, 0.717) is 22.6 Å². The first-order valence-corrected chi connectivity index (χ1v) is 11.0. The van der Waals surface area contributed by atoms with Gasteiger partial charge in [0.25, 0.3) is 0 Å². The zero-order chi connectivity index (χ0) is 17.9. The van der Waals surface area contributed by atoms with Gasteiger partial charge in [-0.25, -0.2) is 0 Å². The Kier molecular flexibility index (Phi) is 3.78. The molecule has 2 heterocycles. The lowest BCUT2D eigenvalue weighted by Gasteiger charge is -2.60. The molecule has 0 radical (unpaired) electrons. The predicted molar refractivity (Wildman–Crippen MR) is 108 cm³/mol. The molecule has 1 saturated carbocycles. The van der Waals surface area contributed by atoms with E-state index in [4.69, 9.17) is 0 Å². The van der Waals surface area contributed by atoms with Crippen LogP contribution in [0.5, 0.6) is 5.75 Å². The topological polar surface area (TPSA) is 23.5 Å². The number of benzene rings is 1. The minimum Gasteiger partial charge on any atom is -0.508 e. The zero-order valence-corrected chi connectivity index (χ0v) is 16.7. The van der Waals surface area contributed by atoms with Crippen molar-refractivity contribution in [3.8, 4) is 5.75 Å². The number of hydrogen-bond acceptors (Lipinski definition) is 3. The molecule has 3 aliphatic rings. The molecule has 2 nitrogen and oxygen atoms in total. The fourth-order valence-corrected chi connectivity index (χ4v) is 7.67. The third-order valence-corrected chi connectivity index (χ3v) is 8.98. The maximum absolute atomic E-state index is 9.97. The van der Waals surface area contributed by atoms with Crippen molar-refractivity contribution in [1.29, 1.82) is 0 Å². The lowest BCUT2D eigenvalue weighted by molar-refractivity contribution is -0.0475. The Hall–Kier alpha value is -1.32. The van der Waals surface area contributed by atoms with Crippen LogP contribution in [-0.4, -0.2) is 22.6 Å². The zero-order valence-electron chi connectivity index (χ0n) is 15.9. The van der Waals surface area contributed by atoms with Crippen LogP contribution >= 0.6 is 11.3 Å². The molecule has 1 aliphatic heterocycles. The predicted octanol–water partition coefficient (Wildman–Crippen LogP) is 5.41. The Balaban J connectivity index is 1.52. The maximum Gasteiger partial charge on any atom is 0.115 e. The molecular formula is C23H29NOS. The van der Waals surface area contributed by atoms with Crippen LogP contribution in [0.25, 0.3) is 0 Å². The lowest BCUT2D eigenvalue weighted by Crippen LogP contribution is -2.61. The first-order chi connectivity index (χ1) is 12.5. The van der Waals surface area contributed by atoms with E-state index >= 15 is 0 Å². The van der Waals surface area contributed by atoms with Gasteiger partial charge in [0.05, 0.1) is 0 Å². The standard InChI is InChI=1S/C23H29NOS/c1-16-12-20(26-15-16)14-24-11-10-23-8-3-7-22(23,17(24)2)9-6-18-13-19(25)4-5-21(18)23/h4-5,12-13,15,17,25H,3,6-11,14H2,1-2H3. The van der Waals surface area contributed by atoms with Gasteiger partial charge < -0.3 is 5.11 Å². The minimum absolute atomic E-state index is 0.343. The van der Waals surface area contributed by atoms with Crippen molar-refractivity contribution >= 4 is 11.3 Å². The van der Waals surface area contributed by atoms with Gasteiger partial charge >= 0.3 is 0 Å². The third-order valence-electron chi connectivity index (χ3n) is 7.94. The highest BCUT2D eigenvalue weighted by Crippen LogP contribution is 2.66. The van der Waals surface area contributed by atoms with Gasteiger partial charge in [-0.1, -0.05) is 12.5 Å². The molecule has 26 heavy (non-hydrogen) atoms. The molecule has 1 aromatic heterocycles. The summed E-state index contributed by atoms with van der Waals surface area (Å²) in [6, 6.07) is 9.22. The van der Waals surface area contributed by atoms with Crippen LogP contribution in [0.1, 0.15) is 60.6 Å². The van der Waals surface area contributed by atoms with Gasteiger partial charge in [0, 0.05) is 22.9 Å². The summed E-state index contributed by atoms with van der Waals surface area (Å²) in [5.74, 6) is 0.434. The molecule has 1 saturated heterocycles. The molecule has 3 heteroatoms. The summed E-state index contributed by atoms with van der Waals surface area (Å²) in [7, 11) is 0. The van der Waals surface area contributed by atoms with E-state index in [2.05, 4.69) is 36.3 Å². The molecule has 2 fully saturated rings. The van der Waals surface area contributed by atoms with E-state index < -0.39 is 0 Å². The SMILES string of the molecule is Cc1csc(CN2CCC34CCCC3(CCc3cc(O)ccc34)C2C)c1. The summed E-state index contributed by atoms with van der Waals surface area (Å²) in [6.07, 6.45) is 7.75. The second-order valence-electron chi connectivity index (χ2n) is 8.92. The molecule has 1 aromatic carbocycles. The van der Waals surface area contributed by atoms with Crippen molar-refractivity contribution in [3.05, 3.63) is 51.2 Å². The van der Waals surface area contributed by atoms with Gasteiger partial charge in [0.2, 0.25) is 0 Å². The number of phenols is 1. The summed E-state index contributed by atoms with van der Waals surface area (Å²) in [5, 5.41) is 12.3.